The summed E-state index contributed by atoms with van der Waals surface area (Å²) < 4.78 is 27.0. The van der Waals surface area contributed by atoms with Crippen LogP contribution in [0.25, 0.3) is 0 Å². The van der Waals surface area contributed by atoms with Gasteiger partial charge in [0.15, 0.2) is 0 Å². The van der Waals surface area contributed by atoms with Gasteiger partial charge in [0.25, 0.3) is 0 Å². The van der Waals surface area contributed by atoms with Crippen molar-refractivity contribution in [2.45, 2.75) is 18.4 Å². The zero-order chi connectivity index (χ0) is 18.0. The quantitative estimate of drug-likeness (QED) is 0.785. The Kier molecular flexibility index (Phi) is 5.71. The van der Waals surface area contributed by atoms with E-state index in [1.807, 2.05) is 0 Å². The summed E-state index contributed by atoms with van der Waals surface area (Å²) in [4.78, 5) is 2.46. The van der Waals surface area contributed by atoms with Crippen LogP contribution in [0.3, 0.4) is 0 Å². The van der Waals surface area contributed by atoms with Crippen molar-refractivity contribution in [3.8, 4) is 0 Å². The minimum Gasteiger partial charge on any atom is -0.296 e. The Bertz CT molecular complexity index is 846. The Balaban J connectivity index is 1.64. The van der Waals surface area contributed by atoms with Gasteiger partial charge in [0.2, 0.25) is 10.0 Å². The summed E-state index contributed by atoms with van der Waals surface area (Å²) >= 11 is 11.8. The lowest BCUT2D eigenvalue weighted by atomic mass is 10.1. The van der Waals surface area contributed by atoms with Gasteiger partial charge in [-0.3, -0.25) is 4.90 Å². The SMILES string of the molecule is Cc1ccc(CN2CCN(S(=O)(=O)c3ccc(Cl)c(Cl)c3)CC2)cc1. The van der Waals surface area contributed by atoms with Crippen molar-refractivity contribution in [3.05, 3.63) is 63.6 Å². The molecule has 1 aliphatic rings. The Labute approximate surface area is 159 Å². The molecule has 0 amide bonds. The van der Waals surface area contributed by atoms with Crippen LogP contribution < -0.4 is 0 Å². The standard InChI is InChI=1S/C18H20Cl2N2O2S/c1-14-2-4-15(5-3-14)13-21-8-10-22(11-9-21)25(23,24)16-6-7-17(19)18(20)12-16/h2-7,12H,8-11,13H2,1H3. The zero-order valence-electron chi connectivity index (χ0n) is 14.0. The molecule has 1 fully saturated rings. The molecule has 1 heterocycles. The van der Waals surface area contributed by atoms with Crippen molar-refractivity contribution in [2.24, 2.45) is 0 Å². The van der Waals surface area contributed by atoms with E-state index >= 15 is 0 Å². The third-order valence-corrected chi connectivity index (χ3v) is 7.02. The van der Waals surface area contributed by atoms with E-state index in [2.05, 4.69) is 36.1 Å². The molecule has 0 aromatic heterocycles. The minimum atomic E-state index is -3.54. The number of piperazine rings is 1. The molecule has 0 radical (unpaired) electrons. The molecule has 4 nitrogen and oxygen atoms in total. The van der Waals surface area contributed by atoms with Gasteiger partial charge in [0.05, 0.1) is 14.9 Å². The topological polar surface area (TPSA) is 40.6 Å². The summed E-state index contributed by atoms with van der Waals surface area (Å²) in [6.07, 6.45) is 0. The van der Waals surface area contributed by atoms with Crippen LogP contribution in [-0.2, 0) is 16.6 Å². The maximum Gasteiger partial charge on any atom is 0.243 e. The third-order valence-electron chi connectivity index (χ3n) is 4.39. The van der Waals surface area contributed by atoms with Gasteiger partial charge in [-0.2, -0.15) is 4.31 Å². The molecule has 0 atom stereocenters. The van der Waals surface area contributed by atoms with Crippen molar-refractivity contribution < 1.29 is 8.42 Å². The first-order chi connectivity index (χ1) is 11.9. The molecule has 1 aliphatic heterocycles. The van der Waals surface area contributed by atoms with Crippen LogP contribution >= 0.6 is 23.2 Å². The summed E-state index contributed by atoms with van der Waals surface area (Å²) in [5, 5.41) is 0.601. The zero-order valence-corrected chi connectivity index (χ0v) is 16.3. The van der Waals surface area contributed by atoms with Crippen LogP contribution in [0.5, 0.6) is 0 Å². The van der Waals surface area contributed by atoms with Gasteiger partial charge in [-0.15, -0.1) is 0 Å². The lowest BCUT2D eigenvalue weighted by molar-refractivity contribution is 0.181. The first kappa shape index (κ1) is 18.7. The molecule has 7 heteroatoms. The first-order valence-corrected chi connectivity index (χ1v) is 10.3. The van der Waals surface area contributed by atoms with Crippen LogP contribution in [0.2, 0.25) is 10.0 Å². The number of nitrogens with zero attached hydrogens (tertiary/aromatic N) is 2. The Morgan fingerprint density at radius 1 is 0.920 bits per heavy atom. The lowest BCUT2D eigenvalue weighted by Crippen LogP contribution is -2.48. The van der Waals surface area contributed by atoms with Crippen molar-refractivity contribution in [1.82, 2.24) is 9.21 Å². The number of halogens is 2. The molecule has 2 aromatic carbocycles. The first-order valence-electron chi connectivity index (χ1n) is 8.09. The Morgan fingerprint density at radius 3 is 2.16 bits per heavy atom. The highest BCUT2D eigenvalue weighted by Crippen LogP contribution is 2.27. The molecule has 134 valence electrons. The van der Waals surface area contributed by atoms with Crippen LogP contribution in [0, 0.1) is 6.92 Å². The normalized spacial score (nSPS) is 16.9. The van der Waals surface area contributed by atoms with E-state index in [0.717, 1.165) is 6.54 Å². The number of hydrogen-bond donors (Lipinski definition) is 0. The lowest BCUT2D eigenvalue weighted by Gasteiger charge is -2.34. The van der Waals surface area contributed by atoms with Gasteiger partial charge in [-0.25, -0.2) is 8.42 Å². The molecular formula is C18H20Cl2N2O2S. The monoisotopic (exact) mass is 398 g/mol. The largest absolute Gasteiger partial charge is 0.296 e. The van der Waals surface area contributed by atoms with Crippen LogP contribution in [0.1, 0.15) is 11.1 Å². The predicted octanol–water partition coefficient (Wildman–Crippen LogP) is 3.81. The summed E-state index contributed by atoms with van der Waals surface area (Å²) in [5.74, 6) is 0. The number of rotatable bonds is 4. The van der Waals surface area contributed by atoms with E-state index in [4.69, 9.17) is 23.2 Å². The van der Waals surface area contributed by atoms with E-state index < -0.39 is 10.0 Å². The van der Waals surface area contributed by atoms with Crippen molar-refractivity contribution in [2.75, 3.05) is 26.2 Å². The van der Waals surface area contributed by atoms with Crippen molar-refractivity contribution in [1.29, 1.82) is 0 Å². The highest BCUT2D eigenvalue weighted by molar-refractivity contribution is 7.89. The molecule has 1 saturated heterocycles. The average Bonchev–Trinajstić information content (AvgIpc) is 2.60. The number of hydrogen-bond acceptors (Lipinski definition) is 3. The smallest absolute Gasteiger partial charge is 0.243 e. The molecule has 3 rings (SSSR count). The highest BCUT2D eigenvalue weighted by atomic mass is 35.5. The second kappa shape index (κ2) is 7.64. The van der Waals surface area contributed by atoms with E-state index in [1.54, 1.807) is 0 Å². The van der Waals surface area contributed by atoms with Gasteiger partial charge in [0.1, 0.15) is 0 Å². The molecule has 0 aliphatic carbocycles. The fraction of sp³-hybridized carbons (Fsp3) is 0.333. The van der Waals surface area contributed by atoms with Crippen LogP contribution in [-0.4, -0.2) is 43.8 Å². The molecule has 25 heavy (non-hydrogen) atoms. The van der Waals surface area contributed by atoms with E-state index in [1.165, 1.54) is 33.6 Å². The van der Waals surface area contributed by atoms with E-state index in [-0.39, 0.29) is 9.92 Å². The molecule has 0 N–H and O–H groups in total. The van der Waals surface area contributed by atoms with Gasteiger partial charge in [-0.1, -0.05) is 53.0 Å². The van der Waals surface area contributed by atoms with Gasteiger partial charge >= 0.3 is 0 Å². The number of benzene rings is 2. The third kappa shape index (κ3) is 4.36. The number of sulfonamides is 1. The molecule has 0 spiro atoms. The second-order valence-electron chi connectivity index (χ2n) is 6.24. The summed E-state index contributed by atoms with van der Waals surface area (Å²) in [6, 6.07) is 12.9. The van der Waals surface area contributed by atoms with Crippen LogP contribution in [0.4, 0.5) is 0 Å². The van der Waals surface area contributed by atoms with Gasteiger partial charge in [-0.05, 0) is 30.7 Å². The van der Waals surface area contributed by atoms with Gasteiger partial charge in [0, 0.05) is 32.7 Å². The maximum atomic E-state index is 12.8. The average molecular weight is 399 g/mol. The number of aryl methyl sites for hydroxylation is 1. The summed E-state index contributed by atoms with van der Waals surface area (Å²) in [7, 11) is -3.54. The van der Waals surface area contributed by atoms with E-state index in [9.17, 15) is 8.42 Å². The maximum absolute atomic E-state index is 12.8. The second-order valence-corrected chi connectivity index (χ2v) is 8.99. The minimum absolute atomic E-state index is 0.189. The van der Waals surface area contributed by atoms with Crippen molar-refractivity contribution in [3.63, 3.8) is 0 Å². The molecule has 0 unspecified atom stereocenters. The van der Waals surface area contributed by atoms with Gasteiger partial charge < -0.3 is 0 Å². The summed E-state index contributed by atoms with van der Waals surface area (Å²) in [6.45, 7) is 5.24. The summed E-state index contributed by atoms with van der Waals surface area (Å²) in [5.41, 5.74) is 2.48. The Hall–Kier alpha value is -1.11. The van der Waals surface area contributed by atoms with Crippen molar-refractivity contribution >= 4 is 33.2 Å². The van der Waals surface area contributed by atoms with Crippen LogP contribution in [0.15, 0.2) is 47.4 Å². The Morgan fingerprint density at radius 2 is 1.56 bits per heavy atom. The molecular weight excluding hydrogens is 379 g/mol. The fourth-order valence-corrected chi connectivity index (χ4v) is 4.68. The highest BCUT2D eigenvalue weighted by Gasteiger charge is 2.28. The predicted molar refractivity (Wildman–Crippen MR) is 102 cm³/mol. The molecule has 2 aromatic rings. The molecule has 0 saturated carbocycles. The molecule has 0 bridgehead atoms. The fourth-order valence-electron chi connectivity index (χ4n) is 2.87. The van der Waals surface area contributed by atoms with E-state index in [0.29, 0.717) is 31.2 Å².